The van der Waals surface area contributed by atoms with Crippen molar-refractivity contribution in [3.63, 3.8) is 0 Å². The molecule has 7 nitrogen and oxygen atoms in total. The molecule has 2 aromatic heterocycles. The van der Waals surface area contributed by atoms with Crippen molar-refractivity contribution in [2.24, 2.45) is 0 Å². The van der Waals surface area contributed by atoms with Gasteiger partial charge in [0.05, 0.1) is 38.4 Å². The largest absolute Gasteiger partial charge is 0.481 e. The number of nitrogens with zero attached hydrogens (tertiary/aromatic N) is 4. The number of methoxy groups -OCH3 is 3. The van der Waals surface area contributed by atoms with Gasteiger partial charge in [-0.3, -0.25) is 0 Å². The Morgan fingerprint density at radius 3 is 2.14 bits per heavy atom. The molecule has 3 rings (SSSR count). The Hall–Kier alpha value is -2.83. The van der Waals surface area contributed by atoms with E-state index < -0.39 is 0 Å². The summed E-state index contributed by atoms with van der Waals surface area (Å²) >= 11 is 0. The van der Waals surface area contributed by atoms with Gasteiger partial charge in [0.2, 0.25) is 17.7 Å². The van der Waals surface area contributed by atoms with Crippen LogP contribution in [0.1, 0.15) is 0 Å². The molecular weight excluding hydrogens is 272 g/mol. The van der Waals surface area contributed by atoms with Crippen LogP contribution in [0.3, 0.4) is 0 Å². The van der Waals surface area contributed by atoms with E-state index >= 15 is 0 Å². The lowest BCUT2D eigenvalue weighted by Crippen LogP contribution is -2.06. The second-order valence-corrected chi connectivity index (χ2v) is 4.18. The number of hydrogen-bond donors (Lipinski definition) is 0. The second-order valence-electron chi connectivity index (χ2n) is 4.18. The Labute approximate surface area is 121 Å². The van der Waals surface area contributed by atoms with Crippen molar-refractivity contribution in [3.8, 4) is 23.7 Å². The number of para-hydroxylation sites is 2. The lowest BCUT2D eigenvalue weighted by Gasteiger charge is -2.09. The predicted octanol–water partition coefficient (Wildman–Crippen LogP) is 1.84. The summed E-state index contributed by atoms with van der Waals surface area (Å²) in [6.07, 6.45) is 0. The van der Waals surface area contributed by atoms with Crippen LogP contribution < -0.4 is 14.2 Å². The first kappa shape index (κ1) is 13.2. The third-order valence-corrected chi connectivity index (χ3v) is 3.00. The average molecular weight is 286 g/mol. The van der Waals surface area contributed by atoms with Gasteiger partial charge in [-0.2, -0.15) is 15.0 Å². The first-order valence-electron chi connectivity index (χ1n) is 6.25. The maximum absolute atomic E-state index is 5.32. The van der Waals surface area contributed by atoms with Gasteiger partial charge in [0.1, 0.15) is 0 Å². The number of ether oxygens (including phenoxy) is 3. The van der Waals surface area contributed by atoms with E-state index in [-0.39, 0.29) is 0 Å². The fourth-order valence-corrected chi connectivity index (χ4v) is 2.04. The number of aromatic nitrogens is 4. The highest BCUT2D eigenvalue weighted by molar-refractivity contribution is 5.78. The smallest absolute Gasteiger partial charge is 0.304 e. The Kier molecular flexibility index (Phi) is 3.31. The fourth-order valence-electron chi connectivity index (χ4n) is 2.04. The minimum absolute atomic E-state index is 0.372. The van der Waals surface area contributed by atoms with E-state index in [1.165, 1.54) is 14.2 Å². The fraction of sp³-hybridized carbons (Fsp3) is 0.214. The maximum atomic E-state index is 5.32. The van der Waals surface area contributed by atoms with Gasteiger partial charge < -0.3 is 14.2 Å². The minimum atomic E-state index is 0.372. The van der Waals surface area contributed by atoms with Gasteiger partial charge >= 0.3 is 6.01 Å². The van der Waals surface area contributed by atoms with Gasteiger partial charge in [-0.1, -0.05) is 12.1 Å². The summed E-state index contributed by atoms with van der Waals surface area (Å²) in [7, 11) is 4.62. The highest BCUT2D eigenvalue weighted by Crippen LogP contribution is 2.26. The van der Waals surface area contributed by atoms with Crippen molar-refractivity contribution in [3.05, 3.63) is 30.3 Å². The van der Waals surface area contributed by atoms with E-state index in [4.69, 9.17) is 14.2 Å². The molecule has 3 aromatic rings. The SMILES string of the molecule is COc1cc(OC)nc(-n2c(OC)nc3ccccc32)n1. The second kappa shape index (κ2) is 5.28. The summed E-state index contributed by atoms with van der Waals surface area (Å²) in [5.41, 5.74) is 1.63. The summed E-state index contributed by atoms with van der Waals surface area (Å²) in [6.45, 7) is 0. The molecule has 0 atom stereocenters. The molecule has 21 heavy (non-hydrogen) atoms. The van der Waals surface area contributed by atoms with Crippen molar-refractivity contribution in [2.75, 3.05) is 21.3 Å². The summed E-state index contributed by atoms with van der Waals surface area (Å²) in [5, 5.41) is 0. The van der Waals surface area contributed by atoms with Gasteiger partial charge in [0, 0.05) is 0 Å². The Balaban J connectivity index is 2.28. The lowest BCUT2D eigenvalue weighted by atomic mass is 10.3. The normalized spacial score (nSPS) is 10.6. The molecule has 0 amide bonds. The molecule has 0 radical (unpaired) electrons. The zero-order valence-electron chi connectivity index (χ0n) is 11.9. The maximum Gasteiger partial charge on any atom is 0.304 e. The van der Waals surface area contributed by atoms with Crippen LogP contribution in [0.25, 0.3) is 17.0 Å². The van der Waals surface area contributed by atoms with Crippen molar-refractivity contribution in [1.29, 1.82) is 0 Å². The van der Waals surface area contributed by atoms with Gasteiger partial charge in [0.25, 0.3) is 0 Å². The summed E-state index contributed by atoms with van der Waals surface area (Å²) in [5.74, 6) is 1.17. The van der Waals surface area contributed by atoms with Crippen LogP contribution in [0.2, 0.25) is 0 Å². The zero-order valence-corrected chi connectivity index (χ0v) is 11.9. The number of hydrogen-bond acceptors (Lipinski definition) is 6. The van der Waals surface area contributed by atoms with Crippen LogP contribution in [0.5, 0.6) is 17.8 Å². The van der Waals surface area contributed by atoms with Crippen LogP contribution in [0.4, 0.5) is 0 Å². The summed E-state index contributed by atoms with van der Waals surface area (Å²) in [6, 6.07) is 9.64. The van der Waals surface area contributed by atoms with Crippen LogP contribution in [-0.2, 0) is 0 Å². The molecule has 0 bridgehead atoms. The summed E-state index contributed by atoms with van der Waals surface area (Å²) < 4.78 is 17.4. The molecule has 0 aliphatic carbocycles. The quantitative estimate of drug-likeness (QED) is 0.728. The predicted molar refractivity (Wildman–Crippen MR) is 76.3 cm³/mol. The Morgan fingerprint density at radius 2 is 1.52 bits per heavy atom. The van der Waals surface area contributed by atoms with Crippen LogP contribution in [0, 0.1) is 0 Å². The molecule has 0 saturated carbocycles. The van der Waals surface area contributed by atoms with Crippen LogP contribution in [0.15, 0.2) is 30.3 Å². The average Bonchev–Trinajstić information content (AvgIpc) is 2.92. The lowest BCUT2D eigenvalue weighted by molar-refractivity contribution is 0.361. The van der Waals surface area contributed by atoms with Gasteiger partial charge in [-0.05, 0) is 12.1 Å². The molecule has 7 heteroatoms. The highest BCUT2D eigenvalue weighted by Gasteiger charge is 2.16. The highest BCUT2D eigenvalue weighted by atomic mass is 16.5. The first-order chi connectivity index (χ1) is 10.3. The molecule has 1 aromatic carbocycles. The molecule has 108 valence electrons. The van der Waals surface area contributed by atoms with Crippen molar-refractivity contribution in [2.45, 2.75) is 0 Å². The summed E-state index contributed by atoms with van der Waals surface area (Å²) in [4.78, 5) is 13.1. The van der Waals surface area contributed by atoms with Crippen molar-refractivity contribution in [1.82, 2.24) is 19.5 Å². The number of fused-ring (bicyclic) bond motifs is 1. The Bertz CT molecular complexity index is 763. The molecule has 0 spiro atoms. The molecule has 0 N–H and O–H groups in total. The Morgan fingerprint density at radius 1 is 0.857 bits per heavy atom. The molecule has 0 aliphatic heterocycles. The number of benzene rings is 1. The van der Waals surface area contributed by atoms with E-state index in [0.29, 0.717) is 23.7 Å². The molecule has 0 fully saturated rings. The third-order valence-electron chi connectivity index (χ3n) is 3.00. The number of imidazole rings is 1. The van der Waals surface area contributed by atoms with E-state index in [2.05, 4.69) is 15.0 Å². The number of rotatable bonds is 4. The van der Waals surface area contributed by atoms with E-state index in [1.54, 1.807) is 17.7 Å². The minimum Gasteiger partial charge on any atom is -0.481 e. The van der Waals surface area contributed by atoms with E-state index in [0.717, 1.165) is 11.0 Å². The zero-order chi connectivity index (χ0) is 14.8. The topological polar surface area (TPSA) is 71.3 Å². The van der Waals surface area contributed by atoms with Gasteiger partial charge in [0.15, 0.2) is 0 Å². The monoisotopic (exact) mass is 286 g/mol. The molecule has 0 saturated heterocycles. The van der Waals surface area contributed by atoms with E-state index in [9.17, 15) is 0 Å². The van der Waals surface area contributed by atoms with Crippen molar-refractivity contribution < 1.29 is 14.2 Å². The van der Waals surface area contributed by atoms with Gasteiger partial charge in [-0.25, -0.2) is 4.57 Å². The molecular formula is C14H14N4O3. The third kappa shape index (κ3) is 2.22. The standard InChI is InChI=1S/C14H14N4O3/c1-19-11-8-12(20-2)17-13(16-11)18-10-7-5-4-6-9(10)15-14(18)21-3/h4-8H,1-3H3. The van der Waals surface area contributed by atoms with Crippen LogP contribution >= 0.6 is 0 Å². The van der Waals surface area contributed by atoms with Crippen molar-refractivity contribution >= 4 is 11.0 Å². The molecule has 0 unspecified atom stereocenters. The molecule has 2 heterocycles. The first-order valence-corrected chi connectivity index (χ1v) is 6.25. The van der Waals surface area contributed by atoms with Gasteiger partial charge in [-0.15, -0.1) is 0 Å². The molecule has 0 aliphatic rings. The van der Waals surface area contributed by atoms with Crippen LogP contribution in [-0.4, -0.2) is 40.8 Å². The van der Waals surface area contributed by atoms with E-state index in [1.807, 2.05) is 24.3 Å².